The molecule has 6 heteroatoms. The highest BCUT2D eigenvalue weighted by Gasteiger charge is 2.21. The molecule has 0 radical (unpaired) electrons. The summed E-state index contributed by atoms with van der Waals surface area (Å²) in [4.78, 5) is 25.0. The lowest BCUT2D eigenvalue weighted by Crippen LogP contribution is -2.48. The van der Waals surface area contributed by atoms with Gasteiger partial charge in [0.25, 0.3) is 5.91 Å². The van der Waals surface area contributed by atoms with E-state index in [0.29, 0.717) is 36.6 Å². The highest BCUT2D eigenvalue weighted by molar-refractivity contribution is 6.30. The molecule has 1 atom stereocenters. The minimum absolute atomic E-state index is 0.215. The van der Waals surface area contributed by atoms with E-state index in [1.54, 1.807) is 31.4 Å². The van der Waals surface area contributed by atoms with Crippen molar-refractivity contribution in [1.82, 2.24) is 10.6 Å². The van der Waals surface area contributed by atoms with E-state index in [1.807, 2.05) is 30.3 Å². The summed E-state index contributed by atoms with van der Waals surface area (Å²) in [6, 6.07) is 15.5. The maximum Gasteiger partial charge on any atom is 0.251 e. The second-order valence-corrected chi connectivity index (χ2v) is 6.30. The zero-order chi connectivity index (χ0) is 18.8. The minimum atomic E-state index is -0.664. The Morgan fingerprint density at radius 2 is 1.77 bits per heavy atom. The molecule has 0 saturated heterocycles. The van der Waals surface area contributed by atoms with Crippen molar-refractivity contribution in [3.05, 3.63) is 70.7 Å². The van der Waals surface area contributed by atoms with Crippen LogP contribution in [0.1, 0.15) is 22.3 Å². The van der Waals surface area contributed by atoms with Crippen molar-refractivity contribution in [2.24, 2.45) is 0 Å². The number of nitrogens with one attached hydrogen (secondary N) is 2. The number of amides is 2. The summed E-state index contributed by atoms with van der Waals surface area (Å²) >= 11 is 5.86. The van der Waals surface area contributed by atoms with Crippen molar-refractivity contribution in [3.8, 4) is 0 Å². The van der Waals surface area contributed by atoms with Crippen LogP contribution in [-0.4, -0.2) is 38.1 Å². The molecule has 0 unspecified atom stereocenters. The van der Waals surface area contributed by atoms with Crippen LogP contribution in [0, 0.1) is 0 Å². The topological polar surface area (TPSA) is 67.4 Å². The van der Waals surface area contributed by atoms with E-state index >= 15 is 0 Å². The number of benzene rings is 2. The SMILES string of the molecule is COCCCNC(=O)[C@@H](Cc1ccccc1)NC(=O)c1ccc(Cl)cc1. The van der Waals surface area contributed by atoms with E-state index in [1.165, 1.54) is 0 Å². The maximum atomic E-state index is 12.5. The Hall–Kier alpha value is -2.37. The van der Waals surface area contributed by atoms with E-state index in [0.717, 1.165) is 5.56 Å². The zero-order valence-corrected chi connectivity index (χ0v) is 15.5. The van der Waals surface area contributed by atoms with Gasteiger partial charge in [0, 0.05) is 37.3 Å². The van der Waals surface area contributed by atoms with Crippen LogP contribution in [0.2, 0.25) is 5.02 Å². The van der Waals surface area contributed by atoms with Gasteiger partial charge in [-0.2, -0.15) is 0 Å². The first-order valence-electron chi connectivity index (χ1n) is 8.47. The van der Waals surface area contributed by atoms with Crippen molar-refractivity contribution in [3.63, 3.8) is 0 Å². The molecule has 138 valence electrons. The molecule has 0 aliphatic carbocycles. The molecule has 26 heavy (non-hydrogen) atoms. The number of rotatable bonds is 9. The normalized spacial score (nSPS) is 11.6. The molecular formula is C20H23ClN2O3. The van der Waals surface area contributed by atoms with E-state index < -0.39 is 6.04 Å². The summed E-state index contributed by atoms with van der Waals surface area (Å²) in [5.41, 5.74) is 1.43. The van der Waals surface area contributed by atoms with Crippen LogP contribution in [0.4, 0.5) is 0 Å². The van der Waals surface area contributed by atoms with Crippen molar-refractivity contribution in [1.29, 1.82) is 0 Å². The van der Waals surface area contributed by atoms with Gasteiger partial charge in [0.2, 0.25) is 5.91 Å². The van der Waals surface area contributed by atoms with Gasteiger partial charge in [0.05, 0.1) is 0 Å². The lowest BCUT2D eigenvalue weighted by atomic mass is 10.0. The van der Waals surface area contributed by atoms with Crippen molar-refractivity contribution < 1.29 is 14.3 Å². The first-order chi connectivity index (χ1) is 12.6. The summed E-state index contributed by atoms with van der Waals surface area (Å²) in [5, 5.41) is 6.22. The molecule has 0 spiro atoms. The Labute approximate surface area is 158 Å². The maximum absolute atomic E-state index is 12.5. The first-order valence-corrected chi connectivity index (χ1v) is 8.85. The predicted octanol–water partition coefficient (Wildman–Crippen LogP) is 2.83. The van der Waals surface area contributed by atoms with Gasteiger partial charge in [0.15, 0.2) is 0 Å². The average molecular weight is 375 g/mol. The molecule has 2 N–H and O–H groups in total. The zero-order valence-electron chi connectivity index (χ0n) is 14.7. The van der Waals surface area contributed by atoms with Gasteiger partial charge in [-0.3, -0.25) is 9.59 Å². The van der Waals surface area contributed by atoms with Gasteiger partial charge in [-0.25, -0.2) is 0 Å². The summed E-state index contributed by atoms with van der Waals surface area (Å²) < 4.78 is 4.98. The van der Waals surface area contributed by atoms with Crippen LogP contribution in [0.25, 0.3) is 0 Å². The van der Waals surface area contributed by atoms with E-state index in [-0.39, 0.29) is 11.8 Å². The van der Waals surface area contributed by atoms with Gasteiger partial charge in [0.1, 0.15) is 6.04 Å². The predicted molar refractivity (Wildman–Crippen MR) is 102 cm³/mol. The molecule has 2 rings (SSSR count). The standard InChI is InChI=1S/C20H23ClN2O3/c1-26-13-5-12-22-20(25)18(14-15-6-3-2-4-7-15)23-19(24)16-8-10-17(21)11-9-16/h2-4,6-11,18H,5,12-14H2,1H3,(H,22,25)(H,23,24)/t18-/m1/s1. The fourth-order valence-electron chi connectivity index (χ4n) is 2.45. The van der Waals surface area contributed by atoms with Gasteiger partial charge in [-0.1, -0.05) is 41.9 Å². The molecule has 0 heterocycles. The average Bonchev–Trinajstić information content (AvgIpc) is 2.66. The molecule has 2 aromatic carbocycles. The van der Waals surface area contributed by atoms with Crippen molar-refractivity contribution in [2.45, 2.75) is 18.9 Å². The van der Waals surface area contributed by atoms with Crippen LogP contribution in [0.15, 0.2) is 54.6 Å². The van der Waals surface area contributed by atoms with Gasteiger partial charge < -0.3 is 15.4 Å². The number of carbonyl (C=O) groups excluding carboxylic acids is 2. The van der Waals surface area contributed by atoms with Crippen LogP contribution in [0.3, 0.4) is 0 Å². The van der Waals surface area contributed by atoms with E-state index in [9.17, 15) is 9.59 Å². The van der Waals surface area contributed by atoms with Crippen LogP contribution in [0.5, 0.6) is 0 Å². The van der Waals surface area contributed by atoms with Crippen LogP contribution in [-0.2, 0) is 16.0 Å². The van der Waals surface area contributed by atoms with Gasteiger partial charge in [-0.15, -0.1) is 0 Å². The second kappa shape index (κ2) is 10.6. The highest BCUT2D eigenvalue weighted by atomic mass is 35.5. The molecule has 2 aromatic rings. The highest BCUT2D eigenvalue weighted by Crippen LogP contribution is 2.10. The molecule has 0 aliphatic rings. The monoisotopic (exact) mass is 374 g/mol. The van der Waals surface area contributed by atoms with Gasteiger partial charge in [-0.05, 0) is 36.2 Å². The van der Waals surface area contributed by atoms with Crippen LogP contribution >= 0.6 is 11.6 Å². The molecule has 0 fully saturated rings. The molecule has 2 amide bonds. The summed E-state index contributed by atoms with van der Waals surface area (Å²) in [6.07, 6.45) is 1.13. The fraction of sp³-hybridized carbons (Fsp3) is 0.300. The summed E-state index contributed by atoms with van der Waals surface area (Å²) in [7, 11) is 1.62. The lowest BCUT2D eigenvalue weighted by molar-refractivity contribution is -0.123. The molecule has 0 bridgehead atoms. The van der Waals surface area contributed by atoms with E-state index in [4.69, 9.17) is 16.3 Å². The first kappa shape index (κ1) is 19.9. The fourth-order valence-corrected chi connectivity index (χ4v) is 2.58. The second-order valence-electron chi connectivity index (χ2n) is 5.86. The summed E-state index contributed by atoms with van der Waals surface area (Å²) in [5.74, 6) is -0.526. The van der Waals surface area contributed by atoms with Crippen molar-refractivity contribution >= 4 is 23.4 Å². The Morgan fingerprint density at radius 3 is 2.42 bits per heavy atom. The lowest BCUT2D eigenvalue weighted by Gasteiger charge is -2.19. The number of carbonyl (C=O) groups is 2. The van der Waals surface area contributed by atoms with Gasteiger partial charge >= 0.3 is 0 Å². The van der Waals surface area contributed by atoms with Crippen molar-refractivity contribution in [2.75, 3.05) is 20.3 Å². The Bertz CT molecular complexity index is 705. The Kier molecular flexibility index (Phi) is 8.12. The molecule has 0 aromatic heterocycles. The molecule has 5 nitrogen and oxygen atoms in total. The third kappa shape index (κ3) is 6.50. The number of hydrogen-bond donors (Lipinski definition) is 2. The Balaban J connectivity index is 2.05. The summed E-state index contributed by atoms with van der Waals surface area (Å²) in [6.45, 7) is 1.07. The molecule has 0 saturated carbocycles. The molecular weight excluding hydrogens is 352 g/mol. The third-order valence-corrected chi connectivity index (χ3v) is 4.09. The number of methoxy groups -OCH3 is 1. The van der Waals surface area contributed by atoms with Crippen LogP contribution < -0.4 is 10.6 Å². The number of ether oxygens (including phenoxy) is 1. The number of hydrogen-bond acceptors (Lipinski definition) is 3. The number of halogens is 1. The smallest absolute Gasteiger partial charge is 0.251 e. The minimum Gasteiger partial charge on any atom is -0.385 e. The van der Waals surface area contributed by atoms with E-state index in [2.05, 4.69) is 10.6 Å². The quantitative estimate of drug-likeness (QED) is 0.663. The Morgan fingerprint density at radius 1 is 1.08 bits per heavy atom. The third-order valence-electron chi connectivity index (χ3n) is 3.84. The molecule has 0 aliphatic heterocycles. The largest absolute Gasteiger partial charge is 0.385 e.